The predicted octanol–water partition coefficient (Wildman–Crippen LogP) is 1.56. The molecule has 2 atom stereocenters. The van der Waals surface area contributed by atoms with Crippen LogP contribution in [0.1, 0.15) is 36.0 Å². The van der Waals surface area contributed by atoms with Crippen LogP contribution in [0.15, 0.2) is 24.3 Å². The fourth-order valence-corrected chi connectivity index (χ4v) is 2.90. The van der Waals surface area contributed by atoms with E-state index in [1.54, 1.807) is 6.07 Å². The van der Waals surface area contributed by atoms with Gasteiger partial charge < -0.3 is 15.7 Å². The molecule has 2 unspecified atom stereocenters. The zero-order valence-corrected chi connectivity index (χ0v) is 13.3. The average molecular weight is 336 g/mol. The zero-order valence-electron chi connectivity index (χ0n) is 13.3. The van der Waals surface area contributed by atoms with Gasteiger partial charge in [-0.25, -0.2) is 4.39 Å². The summed E-state index contributed by atoms with van der Waals surface area (Å²) in [5, 5.41) is 14.3. The van der Waals surface area contributed by atoms with E-state index in [-0.39, 0.29) is 30.5 Å². The number of carbonyl (C=O) groups is 3. The second kappa shape index (κ2) is 8.42. The molecule has 0 bridgehead atoms. The predicted molar refractivity (Wildman–Crippen MR) is 84.8 cm³/mol. The number of hydrogen-bond donors (Lipinski definition) is 3. The number of carboxylic acids is 1. The van der Waals surface area contributed by atoms with Crippen LogP contribution in [0, 0.1) is 17.7 Å². The van der Waals surface area contributed by atoms with Gasteiger partial charge in [0.05, 0.1) is 11.5 Å². The molecule has 1 aliphatic carbocycles. The zero-order chi connectivity index (χ0) is 17.5. The van der Waals surface area contributed by atoms with Gasteiger partial charge in [-0.15, -0.1) is 0 Å². The molecule has 3 N–H and O–H groups in total. The minimum Gasteiger partial charge on any atom is -0.481 e. The summed E-state index contributed by atoms with van der Waals surface area (Å²) >= 11 is 0. The highest BCUT2D eigenvalue weighted by atomic mass is 19.1. The smallest absolute Gasteiger partial charge is 0.306 e. The Morgan fingerprint density at radius 2 is 1.75 bits per heavy atom. The normalized spacial score (nSPS) is 20.2. The van der Waals surface area contributed by atoms with E-state index in [0.717, 1.165) is 6.42 Å². The van der Waals surface area contributed by atoms with Crippen molar-refractivity contribution in [2.75, 3.05) is 13.1 Å². The fourth-order valence-electron chi connectivity index (χ4n) is 2.90. The number of rotatable bonds is 6. The Morgan fingerprint density at radius 1 is 1.08 bits per heavy atom. The van der Waals surface area contributed by atoms with Gasteiger partial charge >= 0.3 is 5.97 Å². The van der Waals surface area contributed by atoms with Gasteiger partial charge in [0, 0.05) is 19.0 Å². The number of carbonyl (C=O) groups excluding carboxylic acids is 2. The topological polar surface area (TPSA) is 95.5 Å². The first-order valence-electron chi connectivity index (χ1n) is 8.02. The molecule has 130 valence electrons. The number of nitrogens with one attached hydrogen (secondary N) is 2. The van der Waals surface area contributed by atoms with Crippen LogP contribution in [0.25, 0.3) is 0 Å². The summed E-state index contributed by atoms with van der Waals surface area (Å²) in [5.74, 6) is -2.95. The van der Waals surface area contributed by atoms with Crippen molar-refractivity contribution < 1.29 is 23.9 Å². The number of hydrogen-bond acceptors (Lipinski definition) is 3. The second-order valence-electron chi connectivity index (χ2n) is 5.93. The minimum absolute atomic E-state index is 0.0413. The molecule has 2 amide bonds. The van der Waals surface area contributed by atoms with Crippen LogP contribution < -0.4 is 10.6 Å². The Balaban J connectivity index is 1.72. The lowest BCUT2D eigenvalue weighted by atomic mass is 9.81. The molecule has 0 radical (unpaired) electrons. The van der Waals surface area contributed by atoms with E-state index < -0.39 is 23.6 Å². The first kappa shape index (κ1) is 17.9. The lowest BCUT2D eigenvalue weighted by molar-refractivity contribution is -0.144. The van der Waals surface area contributed by atoms with Gasteiger partial charge in [-0.05, 0) is 31.4 Å². The number of benzene rings is 1. The van der Waals surface area contributed by atoms with Crippen LogP contribution in [0.4, 0.5) is 4.39 Å². The highest BCUT2D eigenvalue weighted by molar-refractivity contribution is 5.94. The van der Waals surface area contributed by atoms with Gasteiger partial charge in [-0.2, -0.15) is 0 Å². The summed E-state index contributed by atoms with van der Waals surface area (Å²) in [5.41, 5.74) is -0.0413. The van der Waals surface area contributed by atoms with E-state index in [0.29, 0.717) is 19.3 Å². The van der Waals surface area contributed by atoms with Crippen molar-refractivity contribution in [1.82, 2.24) is 10.6 Å². The van der Waals surface area contributed by atoms with E-state index in [4.69, 9.17) is 5.11 Å². The van der Waals surface area contributed by atoms with E-state index in [2.05, 4.69) is 10.6 Å². The summed E-state index contributed by atoms with van der Waals surface area (Å²) < 4.78 is 13.4. The van der Waals surface area contributed by atoms with Crippen LogP contribution in [-0.4, -0.2) is 36.0 Å². The maximum atomic E-state index is 13.4. The number of carboxylic acid groups (broad SMARTS) is 1. The fraction of sp³-hybridized carbons (Fsp3) is 0.471. The van der Waals surface area contributed by atoms with Crippen molar-refractivity contribution in [3.63, 3.8) is 0 Å². The number of aliphatic carboxylic acids is 1. The average Bonchev–Trinajstić information content (AvgIpc) is 2.58. The van der Waals surface area contributed by atoms with Crippen LogP contribution in [0.5, 0.6) is 0 Å². The Kier molecular flexibility index (Phi) is 6.28. The summed E-state index contributed by atoms with van der Waals surface area (Å²) in [6, 6.07) is 5.67. The van der Waals surface area contributed by atoms with Gasteiger partial charge in [0.15, 0.2) is 0 Å². The maximum Gasteiger partial charge on any atom is 0.306 e. The molecule has 1 saturated carbocycles. The SMILES string of the molecule is O=C(NCCNC(=O)C1CCCC(C(=O)O)C1)c1ccccc1F. The van der Waals surface area contributed by atoms with Crippen LogP contribution >= 0.6 is 0 Å². The van der Waals surface area contributed by atoms with E-state index in [1.165, 1.54) is 18.2 Å². The van der Waals surface area contributed by atoms with Gasteiger partial charge in [0.1, 0.15) is 5.82 Å². The molecule has 1 aromatic carbocycles. The molecular weight excluding hydrogens is 315 g/mol. The van der Waals surface area contributed by atoms with Crippen molar-refractivity contribution in [3.05, 3.63) is 35.6 Å². The second-order valence-corrected chi connectivity index (χ2v) is 5.93. The van der Waals surface area contributed by atoms with Gasteiger partial charge in [-0.3, -0.25) is 14.4 Å². The Hall–Kier alpha value is -2.44. The maximum absolute atomic E-state index is 13.4. The third kappa shape index (κ3) is 4.78. The molecule has 7 heteroatoms. The van der Waals surface area contributed by atoms with Crippen molar-refractivity contribution in [2.24, 2.45) is 11.8 Å². The molecule has 6 nitrogen and oxygen atoms in total. The lowest BCUT2D eigenvalue weighted by Gasteiger charge is -2.25. The molecule has 0 saturated heterocycles. The molecule has 0 aromatic heterocycles. The molecule has 24 heavy (non-hydrogen) atoms. The third-order valence-corrected chi connectivity index (χ3v) is 4.22. The minimum atomic E-state index is -0.857. The lowest BCUT2D eigenvalue weighted by Crippen LogP contribution is -2.39. The molecule has 1 aliphatic rings. The molecule has 0 spiro atoms. The van der Waals surface area contributed by atoms with E-state index in [9.17, 15) is 18.8 Å². The van der Waals surface area contributed by atoms with Crippen LogP contribution in [0.2, 0.25) is 0 Å². The van der Waals surface area contributed by atoms with Crippen molar-refractivity contribution >= 4 is 17.8 Å². The molecular formula is C17H21FN2O4. The highest BCUT2D eigenvalue weighted by Gasteiger charge is 2.30. The third-order valence-electron chi connectivity index (χ3n) is 4.22. The van der Waals surface area contributed by atoms with Crippen molar-refractivity contribution in [1.29, 1.82) is 0 Å². The first-order valence-corrected chi connectivity index (χ1v) is 8.02. The summed E-state index contributed by atoms with van der Waals surface area (Å²) in [4.78, 5) is 34.9. The van der Waals surface area contributed by atoms with E-state index in [1.807, 2.05) is 0 Å². The molecule has 1 fully saturated rings. The van der Waals surface area contributed by atoms with Crippen LogP contribution in [0.3, 0.4) is 0 Å². The standard InChI is InChI=1S/C17H21FN2O4/c18-14-7-2-1-6-13(14)16(22)20-9-8-19-15(21)11-4-3-5-12(10-11)17(23)24/h1-2,6-7,11-12H,3-5,8-10H2,(H,19,21)(H,20,22)(H,23,24). The van der Waals surface area contributed by atoms with Gasteiger partial charge in [0.2, 0.25) is 5.91 Å². The largest absolute Gasteiger partial charge is 0.481 e. The first-order chi connectivity index (χ1) is 11.5. The van der Waals surface area contributed by atoms with Crippen LogP contribution in [-0.2, 0) is 9.59 Å². The number of amides is 2. The highest BCUT2D eigenvalue weighted by Crippen LogP contribution is 2.29. The summed E-state index contributed by atoms with van der Waals surface area (Å²) in [7, 11) is 0. The Morgan fingerprint density at radius 3 is 2.46 bits per heavy atom. The Labute approximate surface area is 139 Å². The quantitative estimate of drug-likeness (QED) is 0.687. The van der Waals surface area contributed by atoms with Gasteiger partial charge in [0.25, 0.3) is 5.91 Å². The Bertz CT molecular complexity index is 620. The summed E-state index contributed by atoms with van der Waals surface area (Å²) in [6.45, 7) is 0.390. The van der Waals surface area contributed by atoms with E-state index >= 15 is 0 Å². The molecule has 0 heterocycles. The number of halogens is 1. The van der Waals surface area contributed by atoms with Crippen molar-refractivity contribution in [3.8, 4) is 0 Å². The van der Waals surface area contributed by atoms with Gasteiger partial charge in [-0.1, -0.05) is 18.6 Å². The molecule has 1 aromatic rings. The van der Waals surface area contributed by atoms with Crippen molar-refractivity contribution in [2.45, 2.75) is 25.7 Å². The summed E-state index contributed by atoms with van der Waals surface area (Å²) in [6.07, 6.45) is 2.36. The molecule has 0 aliphatic heterocycles. The monoisotopic (exact) mass is 336 g/mol. The molecule has 2 rings (SSSR count).